The summed E-state index contributed by atoms with van der Waals surface area (Å²) in [5.74, 6) is -0.646. The third kappa shape index (κ3) is 6.73. The minimum Gasteiger partial charge on any atom is -0.497 e. The van der Waals surface area contributed by atoms with Crippen LogP contribution in [0, 0.1) is 0 Å². The number of methoxy groups -OCH3 is 2. The molecule has 0 amide bonds. The van der Waals surface area contributed by atoms with Crippen molar-refractivity contribution in [1.29, 1.82) is 0 Å². The van der Waals surface area contributed by atoms with E-state index in [9.17, 15) is 24.3 Å². The van der Waals surface area contributed by atoms with Crippen molar-refractivity contribution in [3.05, 3.63) is 117 Å². The molecular formula is C32H28ClNO7. The normalized spacial score (nSPS) is 11.5. The van der Waals surface area contributed by atoms with Crippen molar-refractivity contribution in [2.24, 2.45) is 0 Å². The monoisotopic (exact) mass is 573 g/mol. The van der Waals surface area contributed by atoms with Crippen LogP contribution in [0.25, 0.3) is 11.1 Å². The summed E-state index contributed by atoms with van der Waals surface area (Å²) in [6.45, 7) is 1.42. The van der Waals surface area contributed by atoms with Gasteiger partial charge in [-0.15, -0.1) is 0 Å². The topological polar surface area (TPSA) is 112 Å². The first-order chi connectivity index (χ1) is 19.6. The van der Waals surface area contributed by atoms with Crippen molar-refractivity contribution in [3.8, 4) is 22.6 Å². The average Bonchev–Trinajstić information content (AvgIpc) is 2.96. The number of aromatic carboxylic acids is 1. The molecule has 1 aromatic heterocycles. The highest BCUT2D eigenvalue weighted by molar-refractivity contribution is 6.31. The van der Waals surface area contributed by atoms with Gasteiger partial charge in [0.1, 0.15) is 11.5 Å². The van der Waals surface area contributed by atoms with E-state index in [1.807, 2.05) is 6.07 Å². The molecule has 1 heterocycles. The summed E-state index contributed by atoms with van der Waals surface area (Å²) in [4.78, 5) is 51.0. The summed E-state index contributed by atoms with van der Waals surface area (Å²) in [7, 11) is 2.98. The third-order valence-electron chi connectivity index (χ3n) is 6.76. The van der Waals surface area contributed by atoms with Crippen LogP contribution in [-0.2, 0) is 17.6 Å². The predicted molar refractivity (Wildman–Crippen MR) is 156 cm³/mol. The van der Waals surface area contributed by atoms with Gasteiger partial charge in [-0.05, 0) is 66.1 Å². The second-order valence-corrected chi connectivity index (χ2v) is 9.90. The third-order valence-corrected chi connectivity index (χ3v) is 7.00. The Kier molecular flexibility index (Phi) is 9.04. The Morgan fingerprint density at radius 2 is 1.63 bits per heavy atom. The average molecular weight is 574 g/mol. The van der Waals surface area contributed by atoms with Crippen molar-refractivity contribution in [3.63, 3.8) is 0 Å². The lowest BCUT2D eigenvalue weighted by atomic mass is 9.95. The van der Waals surface area contributed by atoms with Crippen molar-refractivity contribution >= 4 is 29.1 Å². The first kappa shape index (κ1) is 29.3. The van der Waals surface area contributed by atoms with Gasteiger partial charge in [-0.3, -0.25) is 14.4 Å². The van der Waals surface area contributed by atoms with Gasteiger partial charge in [-0.25, -0.2) is 4.79 Å². The molecule has 8 nitrogen and oxygen atoms in total. The molecule has 210 valence electrons. The predicted octanol–water partition coefficient (Wildman–Crippen LogP) is 5.68. The van der Waals surface area contributed by atoms with E-state index in [1.54, 1.807) is 55.6 Å². The Balaban J connectivity index is 1.81. The number of nitrogens with zero attached hydrogens (tertiary/aromatic N) is 1. The van der Waals surface area contributed by atoms with Gasteiger partial charge in [-0.1, -0.05) is 35.9 Å². The molecule has 0 radical (unpaired) electrons. The molecule has 0 spiro atoms. The molecule has 3 aromatic carbocycles. The number of pyridine rings is 1. The van der Waals surface area contributed by atoms with Crippen molar-refractivity contribution < 1.29 is 29.0 Å². The van der Waals surface area contributed by atoms with Gasteiger partial charge < -0.3 is 19.1 Å². The van der Waals surface area contributed by atoms with Gasteiger partial charge in [-0.2, -0.15) is 0 Å². The molecule has 0 fully saturated rings. The number of halogens is 1. The summed E-state index contributed by atoms with van der Waals surface area (Å²) in [6.07, 6.45) is 1.62. The lowest BCUT2D eigenvalue weighted by Gasteiger charge is -2.22. The minimum absolute atomic E-state index is 0.0339. The first-order valence-corrected chi connectivity index (χ1v) is 13.1. The SMILES string of the molecule is COc1cccc(C[C@@H](C(=O)Cc2ccc(C(=O)O)cc2)n2cc(OC)c(-c3cc(Cl)ccc3C(C)=O)cc2=O)c1. The molecular weight excluding hydrogens is 546 g/mol. The van der Waals surface area contributed by atoms with Crippen LogP contribution in [0.5, 0.6) is 11.5 Å². The lowest BCUT2D eigenvalue weighted by molar-refractivity contribution is -0.121. The molecule has 0 unspecified atom stereocenters. The van der Waals surface area contributed by atoms with Crippen LogP contribution >= 0.6 is 11.6 Å². The number of rotatable bonds is 11. The molecule has 0 bridgehead atoms. The number of ketones is 2. The molecule has 4 rings (SSSR count). The van der Waals surface area contributed by atoms with Gasteiger partial charge in [0.15, 0.2) is 11.6 Å². The zero-order valence-electron chi connectivity index (χ0n) is 22.7. The lowest BCUT2D eigenvalue weighted by Crippen LogP contribution is -2.32. The summed E-state index contributed by atoms with van der Waals surface area (Å²) in [6, 6.07) is 18.5. The van der Waals surface area contributed by atoms with E-state index in [4.69, 9.17) is 21.1 Å². The van der Waals surface area contributed by atoms with E-state index in [-0.39, 0.29) is 35.7 Å². The van der Waals surface area contributed by atoms with Crippen LogP contribution in [0.15, 0.2) is 83.8 Å². The first-order valence-electron chi connectivity index (χ1n) is 12.7. The number of benzene rings is 3. The smallest absolute Gasteiger partial charge is 0.335 e. The molecule has 0 saturated heterocycles. The Bertz CT molecular complexity index is 1670. The zero-order chi connectivity index (χ0) is 29.7. The number of hydrogen-bond donors (Lipinski definition) is 1. The number of hydrogen-bond acceptors (Lipinski definition) is 6. The van der Waals surface area contributed by atoms with Crippen LogP contribution in [0.1, 0.15) is 44.8 Å². The summed E-state index contributed by atoms with van der Waals surface area (Å²) in [5.41, 5.74) is 2.21. The molecule has 41 heavy (non-hydrogen) atoms. The molecule has 0 aliphatic carbocycles. The van der Waals surface area contributed by atoms with E-state index in [1.165, 1.54) is 43.0 Å². The molecule has 0 aliphatic heterocycles. The van der Waals surface area contributed by atoms with Crippen LogP contribution in [0.4, 0.5) is 0 Å². The number of carbonyl (C=O) groups is 3. The maximum atomic E-state index is 13.8. The van der Waals surface area contributed by atoms with E-state index >= 15 is 0 Å². The van der Waals surface area contributed by atoms with E-state index in [0.29, 0.717) is 33.0 Å². The van der Waals surface area contributed by atoms with Crippen LogP contribution in [-0.4, -0.2) is 41.4 Å². The highest BCUT2D eigenvalue weighted by atomic mass is 35.5. The van der Waals surface area contributed by atoms with Crippen molar-refractivity contribution in [1.82, 2.24) is 4.57 Å². The second kappa shape index (κ2) is 12.7. The number of Topliss-reactive ketones (excluding diaryl/α,β-unsaturated/α-hetero) is 2. The Labute approximate surface area is 241 Å². The van der Waals surface area contributed by atoms with Crippen molar-refractivity contribution in [2.75, 3.05) is 14.2 Å². The molecule has 1 atom stereocenters. The van der Waals surface area contributed by atoms with E-state index < -0.39 is 17.6 Å². The van der Waals surface area contributed by atoms with Crippen LogP contribution in [0.2, 0.25) is 5.02 Å². The zero-order valence-corrected chi connectivity index (χ0v) is 23.5. The number of carboxylic acids is 1. The highest BCUT2D eigenvalue weighted by Crippen LogP contribution is 2.34. The van der Waals surface area contributed by atoms with Gasteiger partial charge in [0.25, 0.3) is 5.56 Å². The van der Waals surface area contributed by atoms with E-state index in [2.05, 4.69) is 0 Å². The molecule has 1 N–H and O–H groups in total. The fraction of sp³-hybridized carbons (Fsp3) is 0.188. The van der Waals surface area contributed by atoms with Gasteiger partial charge in [0.05, 0.1) is 32.0 Å². The van der Waals surface area contributed by atoms with Crippen LogP contribution in [0.3, 0.4) is 0 Å². The Hall–Kier alpha value is -4.69. The maximum Gasteiger partial charge on any atom is 0.335 e. The molecule has 0 saturated carbocycles. The summed E-state index contributed by atoms with van der Waals surface area (Å²) < 4.78 is 12.3. The minimum atomic E-state index is -1.06. The van der Waals surface area contributed by atoms with Gasteiger partial charge in [0.2, 0.25) is 0 Å². The highest BCUT2D eigenvalue weighted by Gasteiger charge is 2.25. The second-order valence-electron chi connectivity index (χ2n) is 9.46. The number of carboxylic acid groups (broad SMARTS) is 1. The van der Waals surface area contributed by atoms with Gasteiger partial charge in [0, 0.05) is 35.1 Å². The molecule has 0 aliphatic rings. The maximum absolute atomic E-state index is 13.8. The largest absolute Gasteiger partial charge is 0.497 e. The molecule has 4 aromatic rings. The standard InChI is InChI=1S/C32H28ClNO7/c1-19(35)25-12-11-23(33)16-26(25)27-17-31(37)34(18-30(27)41-3)28(14-21-5-4-6-24(13-21)40-2)29(36)15-20-7-9-22(10-8-20)32(38)39/h4-13,16-18,28H,14-15H2,1-3H3,(H,38,39)/t28-/m0/s1. The summed E-state index contributed by atoms with van der Waals surface area (Å²) in [5, 5.41) is 9.58. The van der Waals surface area contributed by atoms with Gasteiger partial charge >= 0.3 is 5.97 Å². The van der Waals surface area contributed by atoms with Crippen LogP contribution < -0.4 is 15.0 Å². The van der Waals surface area contributed by atoms with E-state index in [0.717, 1.165) is 5.56 Å². The Morgan fingerprint density at radius 3 is 2.27 bits per heavy atom. The fourth-order valence-electron chi connectivity index (χ4n) is 4.67. The number of carbonyl (C=O) groups excluding carboxylic acids is 2. The quantitative estimate of drug-likeness (QED) is 0.230. The number of aromatic nitrogens is 1. The Morgan fingerprint density at radius 1 is 0.902 bits per heavy atom. The molecule has 9 heteroatoms. The summed E-state index contributed by atoms with van der Waals surface area (Å²) >= 11 is 6.23. The fourth-order valence-corrected chi connectivity index (χ4v) is 4.84. The number of ether oxygens (including phenoxy) is 2. The van der Waals surface area contributed by atoms with Crippen molar-refractivity contribution in [2.45, 2.75) is 25.8 Å².